The van der Waals surface area contributed by atoms with Crippen LogP contribution in [0.3, 0.4) is 0 Å². The van der Waals surface area contributed by atoms with Gasteiger partial charge in [0.1, 0.15) is 18.5 Å². The summed E-state index contributed by atoms with van der Waals surface area (Å²) >= 11 is 0. The van der Waals surface area contributed by atoms with E-state index in [4.69, 9.17) is 4.74 Å². The van der Waals surface area contributed by atoms with Crippen molar-refractivity contribution in [1.82, 2.24) is 5.32 Å². The molecule has 0 aromatic heterocycles. The van der Waals surface area contributed by atoms with Crippen molar-refractivity contribution in [3.63, 3.8) is 0 Å². The van der Waals surface area contributed by atoms with Gasteiger partial charge in [-0.2, -0.15) is 0 Å². The lowest BCUT2D eigenvalue weighted by molar-refractivity contribution is -0.119. The lowest BCUT2D eigenvalue weighted by Crippen LogP contribution is -2.44. The Balaban J connectivity index is 1.78. The molecule has 0 saturated heterocycles. The van der Waals surface area contributed by atoms with E-state index in [1.54, 1.807) is 6.07 Å². The maximum atomic E-state index is 14.4. The molecule has 3 atom stereocenters. The third-order valence-corrected chi connectivity index (χ3v) is 5.18. The quantitative estimate of drug-likeness (QED) is 0.772. The monoisotopic (exact) mass is 382 g/mol. The van der Waals surface area contributed by atoms with Gasteiger partial charge in [-0.15, -0.1) is 0 Å². The standard InChI is InChI=1S/C23H27FN2O2/c1-4-15(2)22(25-16(3)27)23-26-20(14-28-23)13-19-12-18(10-11-21(19)24)17-8-6-5-7-9-17/h5-12,15,20,22H,4,13-14H2,1-3H3,(H,25,27)/t15-,20-,22?/m0/s1. The Morgan fingerprint density at radius 2 is 2.00 bits per heavy atom. The summed E-state index contributed by atoms with van der Waals surface area (Å²) in [5.74, 6) is 0.416. The van der Waals surface area contributed by atoms with E-state index < -0.39 is 0 Å². The molecule has 28 heavy (non-hydrogen) atoms. The first-order valence-electron chi connectivity index (χ1n) is 9.79. The zero-order chi connectivity index (χ0) is 20.1. The molecule has 5 heteroatoms. The predicted octanol–water partition coefficient (Wildman–Crippen LogP) is 4.38. The first-order chi connectivity index (χ1) is 13.5. The molecule has 1 unspecified atom stereocenters. The molecule has 2 aromatic carbocycles. The molecular formula is C23H27FN2O2. The van der Waals surface area contributed by atoms with Crippen LogP contribution in [0, 0.1) is 11.7 Å². The van der Waals surface area contributed by atoms with Crippen molar-refractivity contribution in [3.8, 4) is 11.1 Å². The summed E-state index contributed by atoms with van der Waals surface area (Å²) in [7, 11) is 0. The summed E-state index contributed by atoms with van der Waals surface area (Å²) in [6, 6.07) is 14.7. The minimum Gasteiger partial charge on any atom is -0.477 e. The number of carbonyl (C=O) groups is 1. The predicted molar refractivity (Wildman–Crippen MR) is 110 cm³/mol. The van der Waals surface area contributed by atoms with Crippen LogP contribution < -0.4 is 5.32 Å². The number of amides is 1. The number of carbonyl (C=O) groups excluding carboxylic acids is 1. The van der Waals surface area contributed by atoms with Gasteiger partial charge in [-0.25, -0.2) is 9.38 Å². The maximum Gasteiger partial charge on any atom is 0.217 e. The van der Waals surface area contributed by atoms with E-state index in [0.29, 0.717) is 24.5 Å². The Kier molecular flexibility index (Phi) is 6.45. The average molecular weight is 382 g/mol. The van der Waals surface area contributed by atoms with Crippen molar-refractivity contribution in [3.05, 3.63) is 59.9 Å². The van der Waals surface area contributed by atoms with Gasteiger partial charge >= 0.3 is 0 Å². The van der Waals surface area contributed by atoms with Gasteiger partial charge < -0.3 is 10.1 Å². The van der Waals surface area contributed by atoms with E-state index in [0.717, 1.165) is 17.5 Å². The number of rotatable bonds is 7. The fourth-order valence-corrected chi connectivity index (χ4v) is 3.41. The molecule has 3 rings (SSSR count). The van der Waals surface area contributed by atoms with Crippen LogP contribution >= 0.6 is 0 Å². The SMILES string of the molecule is CC[C@H](C)C(NC(C)=O)C1=N[C@@H](Cc2cc(-c3ccccc3)ccc2F)CO1. The molecule has 1 aliphatic heterocycles. The lowest BCUT2D eigenvalue weighted by Gasteiger charge is -2.22. The number of nitrogens with one attached hydrogen (secondary N) is 1. The molecule has 2 aromatic rings. The molecule has 0 spiro atoms. The second-order valence-corrected chi connectivity index (χ2v) is 7.37. The fraction of sp³-hybridized carbons (Fsp3) is 0.391. The first-order valence-corrected chi connectivity index (χ1v) is 9.79. The van der Waals surface area contributed by atoms with Crippen LogP contribution in [0.25, 0.3) is 11.1 Å². The van der Waals surface area contributed by atoms with E-state index in [1.165, 1.54) is 13.0 Å². The van der Waals surface area contributed by atoms with Crippen LogP contribution in [-0.4, -0.2) is 30.5 Å². The number of ether oxygens (including phenoxy) is 1. The Bertz CT molecular complexity index is 851. The second-order valence-electron chi connectivity index (χ2n) is 7.37. The van der Waals surface area contributed by atoms with Crippen LogP contribution in [0.1, 0.15) is 32.8 Å². The topological polar surface area (TPSA) is 50.7 Å². The van der Waals surface area contributed by atoms with E-state index in [1.807, 2.05) is 36.4 Å². The zero-order valence-electron chi connectivity index (χ0n) is 16.6. The number of halogens is 1. The van der Waals surface area contributed by atoms with Gasteiger partial charge in [0.25, 0.3) is 0 Å². The van der Waals surface area contributed by atoms with Crippen molar-refractivity contribution in [2.24, 2.45) is 10.9 Å². The van der Waals surface area contributed by atoms with E-state index in [-0.39, 0.29) is 29.7 Å². The second kappa shape index (κ2) is 9.00. The highest BCUT2D eigenvalue weighted by Gasteiger charge is 2.30. The Morgan fingerprint density at radius 1 is 1.25 bits per heavy atom. The normalized spacial score (nSPS) is 18.1. The highest BCUT2D eigenvalue weighted by Crippen LogP contribution is 2.24. The summed E-state index contributed by atoms with van der Waals surface area (Å²) in [6.07, 6.45) is 1.36. The third kappa shape index (κ3) is 4.77. The molecule has 4 nitrogen and oxygen atoms in total. The average Bonchev–Trinajstić information content (AvgIpc) is 3.16. The van der Waals surface area contributed by atoms with Gasteiger partial charge in [0.2, 0.25) is 11.8 Å². The smallest absolute Gasteiger partial charge is 0.217 e. The van der Waals surface area contributed by atoms with Crippen LogP contribution in [0.15, 0.2) is 53.5 Å². The van der Waals surface area contributed by atoms with Crippen LogP contribution in [-0.2, 0) is 16.0 Å². The Hall–Kier alpha value is -2.69. The molecule has 0 radical (unpaired) electrons. The molecule has 1 N–H and O–H groups in total. The Labute approximate surface area is 165 Å². The van der Waals surface area contributed by atoms with Gasteiger partial charge in [-0.05, 0) is 34.7 Å². The highest BCUT2D eigenvalue weighted by atomic mass is 19.1. The van der Waals surface area contributed by atoms with Gasteiger partial charge in [-0.1, -0.05) is 56.7 Å². The maximum absolute atomic E-state index is 14.4. The van der Waals surface area contributed by atoms with Crippen molar-refractivity contribution >= 4 is 11.8 Å². The van der Waals surface area contributed by atoms with Crippen molar-refractivity contribution in [1.29, 1.82) is 0 Å². The fourth-order valence-electron chi connectivity index (χ4n) is 3.41. The summed E-state index contributed by atoms with van der Waals surface area (Å²) in [5.41, 5.74) is 2.66. The van der Waals surface area contributed by atoms with Gasteiger partial charge in [0.15, 0.2) is 0 Å². The van der Waals surface area contributed by atoms with E-state index >= 15 is 0 Å². The largest absolute Gasteiger partial charge is 0.477 e. The minimum absolute atomic E-state index is 0.110. The minimum atomic E-state index is -0.243. The van der Waals surface area contributed by atoms with Crippen LogP contribution in [0.2, 0.25) is 0 Å². The van der Waals surface area contributed by atoms with Gasteiger partial charge in [0, 0.05) is 13.3 Å². The molecule has 1 aliphatic rings. The molecule has 1 amide bonds. The molecule has 0 bridgehead atoms. The van der Waals surface area contributed by atoms with Crippen molar-refractivity contribution in [2.45, 2.75) is 45.7 Å². The third-order valence-electron chi connectivity index (χ3n) is 5.18. The molecule has 0 aliphatic carbocycles. The molecular weight excluding hydrogens is 355 g/mol. The lowest BCUT2D eigenvalue weighted by atomic mass is 9.98. The zero-order valence-corrected chi connectivity index (χ0v) is 16.6. The van der Waals surface area contributed by atoms with E-state index in [9.17, 15) is 9.18 Å². The van der Waals surface area contributed by atoms with Crippen molar-refractivity contribution < 1.29 is 13.9 Å². The first kappa shape index (κ1) is 20.1. The van der Waals surface area contributed by atoms with Crippen LogP contribution in [0.4, 0.5) is 4.39 Å². The highest BCUT2D eigenvalue weighted by molar-refractivity contribution is 5.88. The number of nitrogens with zero attached hydrogens (tertiary/aromatic N) is 1. The van der Waals surface area contributed by atoms with Gasteiger partial charge in [-0.3, -0.25) is 4.79 Å². The summed E-state index contributed by atoms with van der Waals surface area (Å²) in [5, 5.41) is 2.93. The number of benzene rings is 2. The number of aliphatic imine (C=N–C) groups is 1. The van der Waals surface area contributed by atoms with Crippen LogP contribution in [0.5, 0.6) is 0 Å². The summed E-state index contributed by atoms with van der Waals surface area (Å²) < 4.78 is 20.2. The molecule has 0 saturated carbocycles. The number of hydrogen-bond acceptors (Lipinski definition) is 3. The summed E-state index contributed by atoms with van der Waals surface area (Å²) in [4.78, 5) is 16.2. The van der Waals surface area contributed by atoms with Gasteiger partial charge in [0.05, 0.1) is 6.04 Å². The molecule has 1 heterocycles. The van der Waals surface area contributed by atoms with Crippen molar-refractivity contribution in [2.75, 3.05) is 6.61 Å². The number of hydrogen-bond donors (Lipinski definition) is 1. The molecule has 0 fully saturated rings. The molecule has 148 valence electrons. The van der Waals surface area contributed by atoms with E-state index in [2.05, 4.69) is 24.2 Å². The Morgan fingerprint density at radius 3 is 2.68 bits per heavy atom. The summed E-state index contributed by atoms with van der Waals surface area (Å²) in [6.45, 7) is 6.02.